The van der Waals surface area contributed by atoms with Crippen molar-refractivity contribution in [1.82, 2.24) is 29.7 Å². The molecule has 1 saturated carbocycles. The van der Waals surface area contributed by atoms with Gasteiger partial charge in [-0.2, -0.15) is 10.2 Å². The normalized spacial score (nSPS) is 19.4. The van der Waals surface area contributed by atoms with Crippen molar-refractivity contribution in [3.8, 4) is 22.3 Å². The van der Waals surface area contributed by atoms with Crippen LogP contribution in [0.1, 0.15) is 41.8 Å². The number of amides is 1. The maximum Gasteiger partial charge on any atom is 0.264 e. The van der Waals surface area contributed by atoms with Gasteiger partial charge < -0.3 is 9.64 Å². The van der Waals surface area contributed by atoms with Gasteiger partial charge in [-0.25, -0.2) is 9.50 Å². The Balaban J connectivity index is 1.18. The molecule has 1 aliphatic heterocycles. The molecular formula is C23H24N6O2S. The molecule has 1 atom stereocenters. The summed E-state index contributed by atoms with van der Waals surface area (Å²) in [4.78, 5) is 20.4. The van der Waals surface area contributed by atoms with Crippen LogP contribution in [-0.2, 0) is 4.74 Å². The first-order valence-corrected chi connectivity index (χ1v) is 12.0. The monoisotopic (exact) mass is 448 g/mol. The van der Waals surface area contributed by atoms with E-state index in [4.69, 9.17) is 4.74 Å². The number of rotatable bonds is 5. The van der Waals surface area contributed by atoms with Gasteiger partial charge in [0.2, 0.25) is 0 Å². The highest BCUT2D eigenvalue weighted by Gasteiger charge is 2.31. The summed E-state index contributed by atoms with van der Waals surface area (Å²) >= 11 is 1.48. The zero-order chi connectivity index (χ0) is 21.5. The van der Waals surface area contributed by atoms with Crippen molar-refractivity contribution in [1.29, 1.82) is 0 Å². The summed E-state index contributed by atoms with van der Waals surface area (Å²) in [7, 11) is 0. The van der Waals surface area contributed by atoms with Gasteiger partial charge >= 0.3 is 0 Å². The lowest BCUT2D eigenvalue weighted by Crippen LogP contribution is -2.30. The maximum absolute atomic E-state index is 13.1. The Morgan fingerprint density at radius 2 is 2.00 bits per heavy atom. The molecule has 0 spiro atoms. The number of carbonyl (C=O) groups excluding carboxylic acids is 1. The minimum atomic E-state index is 0.0884. The van der Waals surface area contributed by atoms with Crippen molar-refractivity contribution in [3.05, 3.63) is 47.3 Å². The molecule has 164 valence electrons. The third-order valence-electron chi connectivity index (χ3n) is 6.43. The van der Waals surface area contributed by atoms with Crippen molar-refractivity contribution in [2.75, 3.05) is 13.1 Å². The molecule has 4 aromatic rings. The molecule has 0 bridgehead atoms. The average molecular weight is 449 g/mol. The standard InChI is InChI=1S/C23H24N6O2S/c30-23(28-6-5-19(13-28)31-18-3-1-2-4-18)21-7-15(14-32-21)20-11-27-29-12-17(8-24-22(20)29)16-9-25-26-10-16/h7-12,14,18-19H,1-6,13H2,(H,25,26)/t19-/m1/s1. The first-order chi connectivity index (χ1) is 15.7. The molecule has 2 fully saturated rings. The number of hydrogen-bond acceptors (Lipinski definition) is 6. The Kier molecular flexibility index (Phi) is 4.99. The van der Waals surface area contributed by atoms with Crippen molar-refractivity contribution in [2.24, 2.45) is 0 Å². The number of fused-ring (bicyclic) bond motifs is 1. The summed E-state index contributed by atoms with van der Waals surface area (Å²) in [5.41, 5.74) is 4.55. The molecule has 1 aliphatic carbocycles. The van der Waals surface area contributed by atoms with Gasteiger partial charge in [-0.3, -0.25) is 9.89 Å². The lowest BCUT2D eigenvalue weighted by atomic mass is 10.1. The van der Waals surface area contributed by atoms with Gasteiger partial charge in [0.1, 0.15) is 0 Å². The van der Waals surface area contributed by atoms with E-state index in [1.165, 1.54) is 24.2 Å². The molecule has 4 aromatic heterocycles. The van der Waals surface area contributed by atoms with Crippen LogP contribution in [0, 0.1) is 0 Å². The van der Waals surface area contributed by atoms with E-state index in [9.17, 15) is 4.79 Å². The van der Waals surface area contributed by atoms with E-state index in [1.807, 2.05) is 34.9 Å². The highest BCUT2D eigenvalue weighted by Crippen LogP contribution is 2.31. The van der Waals surface area contributed by atoms with E-state index in [-0.39, 0.29) is 12.0 Å². The number of aromatic amines is 1. The lowest BCUT2D eigenvalue weighted by molar-refractivity contribution is -0.00153. The summed E-state index contributed by atoms with van der Waals surface area (Å²) in [5.74, 6) is 0.0884. The summed E-state index contributed by atoms with van der Waals surface area (Å²) < 4.78 is 7.99. The third kappa shape index (κ3) is 3.61. The van der Waals surface area contributed by atoms with Crippen LogP contribution in [0.25, 0.3) is 27.9 Å². The Morgan fingerprint density at radius 3 is 2.84 bits per heavy atom. The number of nitrogens with zero attached hydrogens (tertiary/aromatic N) is 5. The quantitative estimate of drug-likeness (QED) is 0.498. The van der Waals surface area contributed by atoms with Gasteiger partial charge in [-0.05, 0) is 36.3 Å². The zero-order valence-corrected chi connectivity index (χ0v) is 18.4. The molecule has 2 aliphatic rings. The van der Waals surface area contributed by atoms with E-state index in [0.29, 0.717) is 12.6 Å². The van der Waals surface area contributed by atoms with Gasteiger partial charge in [-0.1, -0.05) is 12.8 Å². The highest BCUT2D eigenvalue weighted by molar-refractivity contribution is 7.12. The van der Waals surface area contributed by atoms with Gasteiger partial charge in [-0.15, -0.1) is 11.3 Å². The lowest BCUT2D eigenvalue weighted by Gasteiger charge is -2.19. The van der Waals surface area contributed by atoms with Crippen LogP contribution >= 0.6 is 11.3 Å². The van der Waals surface area contributed by atoms with Crippen LogP contribution in [0.3, 0.4) is 0 Å². The van der Waals surface area contributed by atoms with Gasteiger partial charge in [0.05, 0.1) is 29.5 Å². The van der Waals surface area contributed by atoms with Crippen molar-refractivity contribution >= 4 is 22.9 Å². The predicted molar refractivity (Wildman–Crippen MR) is 122 cm³/mol. The number of nitrogens with one attached hydrogen (secondary N) is 1. The molecule has 1 saturated heterocycles. The molecule has 6 rings (SSSR count). The number of thiophene rings is 1. The van der Waals surface area contributed by atoms with Crippen molar-refractivity contribution in [3.63, 3.8) is 0 Å². The fourth-order valence-electron chi connectivity index (χ4n) is 4.70. The second-order valence-electron chi connectivity index (χ2n) is 8.56. The van der Waals surface area contributed by atoms with E-state index in [2.05, 4.69) is 20.3 Å². The molecule has 5 heterocycles. The molecule has 0 unspecified atom stereocenters. The smallest absolute Gasteiger partial charge is 0.264 e. The fraction of sp³-hybridized carbons (Fsp3) is 0.391. The second kappa shape index (κ2) is 8.14. The van der Waals surface area contributed by atoms with Crippen molar-refractivity contribution < 1.29 is 9.53 Å². The molecule has 8 nitrogen and oxygen atoms in total. The minimum Gasteiger partial charge on any atom is -0.373 e. The average Bonchev–Trinajstić information content (AvgIpc) is 3.63. The topological polar surface area (TPSA) is 88.4 Å². The van der Waals surface area contributed by atoms with Crippen LogP contribution in [0.4, 0.5) is 0 Å². The number of hydrogen-bond donors (Lipinski definition) is 1. The van der Waals surface area contributed by atoms with Crippen molar-refractivity contribution in [2.45, 2.75) is 44.3 Å². The molecule has 9 heteroatoms. The summed E-state index contributed by atoms with van der Waals surface area (Å²) in [6.07, 6.45) is 15.5. The van der Waals surface area contributed by atoms with Gasteiger partial charge in [0.25, 0.3) is 5.91 Å². The first kappa shape index (κ1) is 19.6. The molecule has 1 amide bonds. The number of H-pyrrole nitrogens is 1. The molecular weight excluding hydrogens is 424 g/mol. The number of ether oxygens (including phenoxy) is 1. The van der Waals surface area contributed by atoms with Gasteiger partial charge in [0.15, 0.2) is 5.65 Å². The predicted octanol–water partition coefficient (Wildman–Crippen LogP) is 4.02. The number of carbonyl (C=O) groups is 1. The summed E-state index contributed by atoms with van der Waals surface area (Å²) in [6.45, 7) is 1.45. The summed E-state index contributed by atoms with van der Waals surface area (Å²) in [6, 6.07) is 1.96. The molecule has 0 radical (unpaired) electrons. The van der Waals surface area contributed by atoms with Crippen LogP contribution in [-0.4, -0.2) is 60.9 Å². The van der Waals surface area contributed by atoms with Crippen LogP contribution in [0.2, 0.25) is 0 Å². The zero-order valence-electron chi connectivity index (χ0n) is 17.6. The first-order valence-electron chi connectivity index (χ1n) is 11.1. The number of aromatic nitrogens is 5. The Morgan fingerprint density at radius 1 is 1.09 bits per heavy atom. The number of likely N-dealkylation sites (tertiary alicyclic amines) is 1. The highest BCUT2D eigenvalue weighted by atomic mass is 32.1. The fourth-order valence-corrected chi connectivity index (χ4v) is 5.58. The Hall–Kier alpha value is -3.04. The molecule has 1 N–H and O–H groups in total. The second-order valence-corrected chi connectivity index (χ2v) is 9.47. The Bertz CT molecular complexity index is 1240. The third-order valence-corrected chi connectivity index (χ3v) is 7.35. The SMILES string of the molecule is O=C(c1cc(-c2cnn3cc(-c4cn[nH]c4)cnc23)cs1)N1CC[C@@H](OC2CCCC2)C1. The van der Waals surface area contributed by atoms with E-state index < -0.39 is 0 Å². The molecule has 32 heavy (non-hydrogen) atoms. The summed E-state index contributed by atoms with van der Waals surface area (Å²) in [5, 5.41) is 13.3. The minimum absolute atomic E-state index is 0.0884. The van der Waals surface area contributed by atoms with Crippen LogP contribution < -0.4 is 0 Å². The van der Waals surface area contributed by atoms with E-state index in [1.54, 1.807) is 16.9 Å². The Labute approximate surface area is 189 Å². The van der Waals surface area contributed by atoms with Crippen LogP contribution in [0.15, 0.2) is 42.4 Å². The van der Waals surface area contributed by atoms with E-state index >= 15 is 0 Å². The van der Waals surface area contributed by atoms with Crippen LogP contribution in [0.5, 0.6) is 0 Å². The largest absolute Gasteiger partial charge is 0.373 e. The van der Waals surface area contributed by atoms with Gasteiger partial charge in [0, 0.05) is 48.4 Å². The van der Waals surface area contributed by atoms with E-state index in [0.717, 1.165) is 58.6 Å². The molecule has 0 aromatic carbocycles. The maximum atomic E-state index is 13.1.